The molecule has 2 atom stereocenters. The molecule has 5 nitrogen and oxygen atoms in total. The van der Waals surface area contributed by atoms with Gasteiger partial charge in [-0.2, -0.15) is 0 Å². The zero-order valence-corrected chi connectivity index (χ0v) is 12.7. The van der Waals surface area contributed by atoms with Crippen LogP contribution in [0.2, 0.25) is 0 Å². The molecule has 0 spiro atoms. The number of epoxide rings is 1. The molecule has 0 bridgehead atoms. The maximum absolute atomic E-state index is 11.8. The zero-order valence-electron chi connectivity index (χ0n) is 12.7. The fourth-order valence-corrected chi connectivity index (χ4v) is 2.39. The van der Waals surface area contributed by atoms with Crippen LogP contribution >= 0.6 is 0 Å². The van der Waals surface area contributed by atoms with Gasteiger partial charge in [0.1, 0.15) is 18.3 Å². The van der Waals surface area contributed by atoms with Crippen molar-refractivity contribution >= 4 is 12.0 Å². The Labute approximate surface area is 134 Å². The van der Waals surface area contributed by atoms with E-state index in [1.807, 2.05) is 37.3 Å². The standard InChI is InChI=1S/C18H17NO4/c1-18(15(23-18)13-8-4-2-5-9-13)12-22-17(21)19-16(20)14-10-6-3-7-11-14/h2-11,15H,12H2,1H3,(H,19,20,21)/t15-,18-/m1/s1. The predicted octanol–water partition coefficient (Wildman–Crippen LogP) is 3.08. The van der Waals surface area contributed by atoms with Crippen LogP contribution < -0.4 is 5.32 Å². The summed E-state index contributed by atoms with van der Waals surface area (Å²) >= 11 is 0. The number of hydrogen-bond donors (Lipinski definition) is 1. The quantitative estimate of drug-likeness (QED) is 0.881. The lowest BCUT2D eigenvalue weighted by Crippen LogP contribution is -2.33. The fourth-order valence-electron chi connectivity index (χ4n) is 2.39. The Bertz CT molecular complexity index is 701. The number of alkyl carbamates (subject to hydrolysis) is 1. The van der Waals surface area contributed by atoms with Gasteiger partial charge >= 0.3 is 6.09 Å². The smallest absolute Gasteiger partial charge is 0.414 e. The van der Waals surface area contributed by atoms with Gasteiger partial charge in [0.2, 0.25) is 0 Å². The molecule has 5 heteroatoms. The number of imide groups is 1. The highest BCUT2D eigenvalue weighted by Crippen LogP contribution is 2.49. The predicted molar refractivity (Wildman–Crippen MR) is 83.9 cm³/mol. The molecule has 1 N–H and O–H groups in total. The van der Waals surface area contributed by atoms with Crippen molar-refractivity contribution in [2.24, 2.45) is 0 Å². The second-order valence-electron chi connectivity index (χ2n) is 5.62. The molecule has 0 unspecified atom stereocenters. The Kier molecular flexibility index (Phi) is 4.12. The second-order valence-corrected chi connectivity index (χ2v) is 5.62. The van der Waals surface area contributed by atoms with Gasteiger partial charge in [-0.1, -0.05) is 48.5 Å². The molecule has 2 aromatic rings. The Morgan fingerprint density at radius 3 is 2.35 bits per heavy atom. The van der Waals surface area contributed by atoms with Gasteiger partial charge in [0.15, 0.2) is 0 Å². The van der Waals surface area contributed by atoms with E-state index in [1.165, 1.54) is 0 Å². The van der Waals surface area contributed by atoms with Crippen molar-refractivity contribution in [1.29, 1.82) is 0 Å². The molecular weight excluding hydrogens is 294 g/mol. The Morgan fingerprint density at radius 1 is 1.09 bits per heavy atom. The number of carbonyl (C=O) groups is 2. The third-order valence-electron chi connectivity index (χ3n) is 3.73. The average molecular weight is 311 g/mol. The average Bonchev–Trinajstić information content (AvgIpc) is 3.27. The van der Waals surface area contributed by atoms with E-state index in [4.69, 9.17) is 9.47 Å². The van der Waals surface area contributed by atoms with Crippen LogP contribution in [0.15, 0.2) is 60.7 Å². The van der Waals surface area contributed by atoms with Crippen molar-refractivity contribution in [2.45, 2.75) is 18.6 Å². The summed E-state index contributed by atoms with van der Waals surface area (Å²) in [5.41, 5.74) is 0.897. The van der Waals surface area contributed by atoms with Gasteiger partial charge in [0.05, 0.1) is 0 Å². The van der Waals surface area contributed by atoms with E-state index in [1.54, 1.807) is 30.3 Å². The molecule has 1 aliphatic rings. The number of rotatable bonds is 4. The summed E-state index contributed by atoms with van der Waals surface area (Å²) in [5.74, 6) is -0.489. The van der Waals surface area contributed by atoms with E-state index in [9.17, 15) is 9.59 Å². The highest BCUT2D eigenvalue weighted by atomic mass is 16.6. The number of hydrogen-bond acceptors (Lipinski definition) is 4. The van der Waals surface area contributed by atoms with Gasteiger partial charge in [0, 0.05) is 5.56 Å². The van der Waals surface area contributed by atoms with Gasteiger partial charge in [-0.3, -0.25) is 10.1 Å². The Morgan fingerprint density at radius 2 is 1.70 bits per heavy atom. The van der Waals surface area contributed by atoms with Crippen LogP contribution in [0, 0.1) is 0 Å². The van der Waals surface area contributed by atoms with Crippen molar-refractivity contribution in [3.05, 3.63) is 71.8 Å². The molecule has 1 saturated heterocycles. The van der Waals surface area contributed by atoms with Gasteiger partial charge in [-0.25, -0.2) is 4.79 Å². The van der Waals surface area contributed by atoms with E-state index < -0.39 is 17.6 Å². The van der Waals surface area contributed by atoms with Gasteiger partial charge in [-0.15, -0.1) is 0 Å². The van der Waals surface area contributed by atoms with Gasteiger partial charge in [0.25, 0.3) is 5.91 Å². The maximum Gasteiger partial charge on any atom is 0.414 e. The topological polar surface area (TPSA) is 67.9 Å². The van der Waals surface area contributed by atoms with Crippen molar-refractivity contribution in [3.63, 3.8) is 0 Å². The summed E-state index contributed by atoms with van der Waals surface area (Å²) in [6.07, 6.45) is -0.872. The molecular formula is C18H17NO4. The van der Waals surface area contributed by atoms with Crippen LogP contribution in [0.4, 0.5) is 4.79 Å². The summed E-state index contributed by atoms with van der Waals surface area (Å²) in [4.78, 5) is 23.6. The van der Waals surface area contributed by atoms with Crippen molar-refractivity contribution in [3.8, 4) is 0 Å². The number of nitrogens with one attached hydrogen (secondary N) is 1. The second kappa shape index (κ2) is 6.22. The lowest BCUT2D eigenvalue weighted by Gasteiger charge is -2.09. The normalized spacial score (nSPS) is 22.2. The van der Waals surface area contributed by atoms with E-state index in [-0.39, 0.29) is 12.7 Å². The molecule has 23 heavy (non-hydrogen) atoms. The molecule has 118 valence electrons. The molecule has 2 amide bonds. The lowest BCUT2D eigenvalue weighted by molar-refractivity contribution is 0.0880. The van der Waals surface area contributed by atoms with Crippen molar-refractivity contribution in [2.75, 3.05) is 6.61 Å². The summed E-state index contributed by atoms with van der Waals surface area (Å²) in [5, 5.41) is 2.20. The molecule has 1 fully saturated rings. The van der Waals surface area contributed by atoms with Crippen LogP contribution in [-0.2, 0) is 9.47 Å². The summed E-state index contributed by atoms with van der Waals surface area (Å²) in [6.45, 7) is 1.96. The van der Waals surface area contributed by atoms with E-state index in [2.05, 4.69) is 5.32 Å². The van der Waals surface area contributed by atoms with Crippen LogP contribution in [-0.4, -0.2) is 24.2 Å². The van der Waals surface area contributed by atoms with E-state index in [0.717, 1.165) is 5.56 Å². The first-order valence-corrected chi connectivity index (χ1v) is 7.34. The molecule has 2 aromatic carbocycles. The molecule has 1 heterocycles. The van der Waals surface area contributed by atoms with E-state index >= 15 is 0 Å². The monoisotopic (exact) mass is 311 g/mol. The van der Waals surface area contributed by atoms with Gasteiger partial charge < -0.3 is 9.47 Å². The largest absolute Gasteiger partial charge is 0.446 e. The Balaban J connectivity index is 1.49. The van der Waals surface area contributed by atoms with Crippen LogP contribution in [0.25, 0.3) is 0 Å². The molecule has 0 saturated carbocycles. The third-order valence-corrected chi connectivity index (χ3v) is 3.73. The molecule has 0 aromatic heterocycles. The maximum atomic E-state index is 11.8. The van der Waals surface area contributed by atoms with Crippen LogP contribution in [0.3, 0.4) is 0 Å². The Hall–Kier alpha value is -2.66. The number of carbonyl (C=O) groups excluding carboxylic acids is 2. The minimum absolute atomic E-state index is 0.0838. The lowest BCUT2D eigenvalue weighted by atomic mass is 10.0. The summed E-state index contributed by atoms with van der Waals surface area (Å²) in [6, 6.07) is 18.2. The number of amides is 2. The van der Waals surface area contributed by atoms with Crippen molar-refractivity contribution < 1.29 is 19.1 Å². The first-order valence-electron chi connectivity index (χ1n) is 7.34. The van der Waals surface area contributed by atoms with Gasteiger partial charge in [-0.05, 0) is 24.6 Å². The summed E-state index contributed by atoms with van der Waals surface area (Å²) < 4.78 is 10.8. The SMILES string of the molecule is C[C@]1(COC(=O)NC(=O)c2ccccc2)O[C@@H]1c1ccccc1. The third kappa shape index (κ3) is 3.57. The number of ether oxygens (including phenoxy) is 2. The first-order chi connectivity index (χ1) is 11.1. The molecule has 0 aliphatic carbocycles. The number of benzene rings is 2. The van der Waals surface area contributed by atoms with Crippen LogP contribution in [0.5, 0.6) is 0 Å². The summed E-state index contributed by atoms with van der Waals surface area (Å²) in [7, 11) is 0. The highest BCUT2D eigenvalue weighted by Gasteiger charge is 2.54. The fraction of sp³-hybridized carbons (Fsp3) is 0.222. The van der Waals surface area contributed by atoms with Crippen molar-refractivity contribution in [1.82, 2.24) is 5.32 Å². The first kappa shape index (κ1) is 15.2. The molecule has 0 radical (unpaired) electrons. The van der Waals surface area contributed by atoms with E-state index in [0.29, 0.717) is 5.56 Å². The minimum atomic E-state index is -0.776. The zero-order chi connectivity index (χ0) is 16.3. The van der Waals surface area contributed by atoms with Crippen LogP contribution in [0.1, 0.15) is 28.9 Å². The highest BCUT2D eigenvalue weighted by molar-refractivity contribution is 6.02. The molecule has 3 rings (SSSR count). The minimum Gasteiger partial charge on any atom is -0.446 e. The molecule has 1 aliphatic heterocycles.